The second-order valence-electron chi connectivity index (χ2n) is 12.2. The summed E-state index contributed by atoms with van der Waals surface area (Å²) in [6.45, 7) is 0. The second kappa shape index (κ2) is 9.82. The van der Waals surface area contributed by atoms with Crippen molar-refractivity contribution in [2.75, 3.05) is 0 Å². The average Bonchev–Trinajstić information content (AvgIpc) is 3.99. The first-order valence-corrected chi connectivity index (χ1v) is 16.1. The highest BCUT2D eigenvalue weighted by atomic mass is 16.5. The maximum absolute atomic E-state index is 6.47. The van der Waals surface area contributed by atoms with E-state index in [1.165, 1.54) is 0 Å². The summed E-state index contributed by atoms with van der Waals surface area (Å²) < 4.78 is 23.1. The highest BCUT2D eigenvalue weighted by Gasteiger charge is 2.26. The van der Waals surface area contributed by atoms with Crippen molar-refractivity contribution in [2.24, 2.45) is 5.10 Å². The van der Waals surface area contributed by atoms with Gasteiger partial charge in [0, 0.05) is 43.4 Å². The van der Waals surface area contributed by atoms with Gasteiger partial charge in [-0.15, -0.1) is 10.2 Å². The van der Waals surface area contributed by atoms with E-state index in [-0.39, 0.29) is 0 Å². The van der Waals surface area contributed by atoms with Crippen LogP contribution in [0.5, 0.6) is 0 Å². The fraction of sp³-hybridized carbons (Fsp3) is 0.0250. The largest absolute Gasteiger partial charge is 0.456 e. The van der Waals surface area contributed by atoms with Gasteiger partial charge in [-0.3, -0.25) is 14.6 Å². The summed E-state index contributed by atoms with van der Waals surface area (Å²) in [6, 6.07) is 46.0. The minimum atomic E-state index is -0.475. The Morgan fingerprint density at radius 2 is 1.06 bits per heavy atom. The lowest BCUT2D eigenvalue weighted by Gasteiger charge is -2.12. The summed E-state index contributed by atoms with van der Waals surface area (Å²) in [4.78, 5) is 0. The van der Waals surface area contributed by atoms with Crippen LogP contribution in [0.25, 0.3) is 83.0 Å². The molecule has 10 aromatic rings. The zero-order chi connectivity index (χ0) is 32.1. The van der Waals surface area contributed by atoms with E-state index in [4.69, 9.17) is 13.6 Å². The molecule has 4 aromatic heterocycles. The minimum absolute atomic E-state index is 0.412. The molecule has 0 spiro atoms. The molecule has 0 fully saturated rings. The molecule has 0 saturated heterocycles. The van der Waals surface area contributed by atoms with E-state index in [1.807, 2.05) is 71.3 Å². The fourth-order valence-corrected chi connectivity index (χ4v) is 7.29. The molecule has 0 amide bonds. The smallest absolute Gasteiger partial charge is 0.327 e. The number of nitrogens with one attached hydrogen (secondary N) is 1. The van der Waals surface area contributed by atoms with Gasteiger partial charge in [-0.1, -0.05) is 77.9 Å². The lowest BCUT2D eigenvalue weighted by Crippen LogP contribution is -2.15. The Balaban J connectivity index is 0.956. The molecule has 1 unspecified atom stereocenters. The maximum atomic E-state index is 6.47. The number of aromatic nitrogens is 4. The standard InChI is InChI=1S/C40H24N6O3/c1-5-13-31-25(9-1)26-10-2-6-14-32(26)45(31)39-43-41-37(48-39)23-17-19-35-29(21-23)30-22-24(18-20-36(30)47-35)38-42-44-40(49-38)46-33-15-7-3-11-27(33)28-12-4-8-16-34(28)46/h1-22,37,41H. The van der Waals surface area contributed by atoms with Crippen molar-refractivity contribution in [3.8, 4) is 17.5 Å². The number of ether oxygens (including phenoxy) is 1. The van der Waals surface area contributed by atoms with Gasteiger partial charge in [-0.25, -0.2) is 0 Å². The van der Waals surface area contributed by atoms with Crippen LogP contribution in [0.1, 0.15) is 11.8 Å². The highest BCUT2D eigenvalue weighted by Crippen LogP contribution is 2.37. The Kier molecular flexibility index (Phi) is 5.26. The summed E-state index contributed by atoms with van der Waals surface area (Å²) in [5.74, 6) is 0.425. The van der Waals surface area contributed by atoms with Gasteiger partial charge < -0.3 is 13.6 Å². The number of hydrogen-bond acceptors (Lipinski definition) is 7. The van der Waals surface area contributed by atoms with Crippen LogP contribution >= 0.6 is 0 Å². The molecule has 49 heavy (non-hydrogen) atoms. The van der Waals surface area contributed by atoms with Crippen molar-refractivity contribution >= 4 is 71.6 Å². The minimum Gasteiger partial charge on any atom is -0.456 e. The summed E-state index contributed by atoms with van der Waals surface area (Å²) >= 11 is 0. The van der Waals surface area contributed by atoms with Crippen LogP contribution in [-0.4, -0.2) is 25.4 Å². The summed E-state index contributed by atoms with van der Waals surface area (Å²) in [6.07, 6.45) is -0.475. The van der Waals surface area contributed by atoms with E-state index in [1.54, 1.807) is 0 Å². The van der Waals surface area contributed by atoms with Crippen LogP contribution in [0.4, 0.5) is 0 Å². The first-order valence-electron chi connectivity index (χ1n) is 16.1. The normalized spacial score (nSPS) is 14.8. The average molecular weight is 637 g/mol. The molecule has 1 aliphatic heterocycles. The number of hydrazone groups is 1. The number of para-hydroxylation sites is 4. The Morgan fingerprint density at radius 3 is 1.69 bits per heavy atom. The number of rotatable bonds is 3. The molecule has 0 radical (unpaired) electrons. The molecule has 1 aliphatic rings. The van der Waals surface area contributed by atoms with Gasteiger partial charge in [0.2, 0.25) is 12.1 Å². The van der Waals surface area contributed by atoms with Gasteiger partial charge in [0.15, 0.2) is 0 Å². The quantitative estimate of drug-likeness (QED) is 0.208. The van der Waals surface area contributed by atoms with E-state index in [0.717, 1.165) is 76.7 Å². The van der Waals surface area contributed by atoms with Crippen molar-refractivity contribution < 1.29 is 13.6 Å². The maximum Gasteiger partial charge on any atom is 0.327 e. The molecule has 0 aliphatic carbocycles. The van der Waals surface area contributed by atoms with E-state index >= 15 is 0 Å². The van der Waals surface area contributed by atoms with Crippen molar-refractivity contribution in [3.63, 3.8) is 0 Å². The lowest BCUT2D eigenvalue weighted by atomic mass is 10.1. The number of fused-ring (bicyclic) bond motifs is 9. The van der Waals surface area contributed by atoms with Crippen LogP contribution in [0.2, 0.25) is 0 Å². The Morgan fingerprint density at radius 1 is 0.510 bits per heavy atom. The van der Waals surface area contributed by atoms with Crippen molar-refractivity contribution in [2.45, 2.75) is 6.23 Å². The number of hydrogen-bond donors (Lipinski definition) is 1. The van der Waals surface area contributed by atoms with Crippen molar-refractivity contribution in [3.05, 3.63) is 139 Å². The van der Waals surface area contributed by atoms with E-state index < -0.39 is 6.23 Å². The Bertz CT molecular complexity index is 2870. The van der Waals surface area contributed by atoms with Crippen LogP contribution in [0, 0.1) is 0 Å². The third-order valence-corrected chi connectivity index (χ3v) is 9.50. The van der Waals surface area contributed by atoms with Crippen LogP contribution in [0.3, 0.4) is 0 Å². The van der Waals surface area contributed by atoms with Crippen molar-refractivity contribution in [1.82, 2.24) is 24.8 Å². The first kappa shape index (κ1) is 26.2. The van der Waals surface area contributed by atoms with Crippen LogP contribution in [-0.2, 0) is 4.74 Å². The molecule has 232 valence electrons. The van der Waals surface area contributed by atoms with Gasteiger partial charge in [0.1, 0.15) is 11.2 Å². The van der Waals surface area contributed by atoms with Gasteiger partial charge in [-0.05, 0) is 60.7 Å². The summed E-state index contributed by atoms with van der Waals surface area (Å²) in [7, 11) is 0. The summed E-state index contributed by atoms with van der Waals surface area (Å²) in [5, 5.41) is 20.0. The molecule has 5 heterocycles. The third-order valence-electron chi connectivity index (χ3n) is 9.50. The molecular formula is C40H24N6O3. The molecule has 9 heteroatoms. The molecular weight excluding hydrogens is 612 g/mol. The highest BCUT2D eigenvalue weighted by molar-refractivity contribution is 6.13. The zero-order valence-electron chi connectivity index (χ0n) is 25.7. The van der Waals surface area contributed by atoms with Gasteiger partial charge >= 0.3 is 12.0 Å². The van der Waals surface area contributed by atoms with Crippen LogP contribution < -0.4 is 5.43 Å². The number of benzene rings is 6. The fourth-order valence-electron chi connectivity index (χ4n) is 7.29. The predicted molar refractivity (Wildman–Crippen MR) is 191 cm³/mol. The van der Waals surface area contributed by atoms with Gasteiger partial charge in [0.25, 0.3) is 0 Å². The monoisotopic (exact) mass is 636 g/mol. The number of nitrogens with zero attached hydrogens (tertiary/aromatic N) is 5. The topological polar surface area (TPSA) is 95.5 Å². The first-order chi connectivity index (χ1) is 24.3. The molecule has 6 aromatic carbocycles. The van der Waals surface area contributed by atoms with Crippen molar-refractivity contribution in [1.29, 1.82) is 0 Å². The predicted octanol–water partition coefficient (Wildman–Crippen LogP) is 9.28. The Labute approximate surface area is 277 Å². The molecule has 0 bridgehead atoms. The van der Waals surface area contributed by atoms with Gasteiger partial charge in [0.05, 0.1) is 22.1 Å². The summed E-state index contributed by atoms with van der Waals surface area (Å²) in [5.41, 5.74) is 10.6. The van der Waals surface area contributed by atoms with E-state index in [0.29, 0.717) is 17.9 Å². The van der Waals surface area contributed by atoms with Gasteiger partial charge in [-0.2, -0.15) is 0 Å². The molecule has 1 N–H and O–H groups in total. The Hall–Kier alpha value is -6.87. The SMILES string of the molecule is c1ccc2c(c1)c1ccccc1n2C1=NNC(c2ccc3oc4ccc(-c5nnc(-n6c7ccccc7c7ccccc76)o5)cc4c3c2)O1. The molecule has 11 rings (SSSR count). The lowest BCUT2D eigenvalue weighted by molar-refractivity contribution is 0.185. The zero-order valence-corrected chi connectivity index (χ0v) is 25.7. The third kappa shape index (κ3) is 3.78. The molecule has 9 nitrogen and oxygen atoms in total. The second-order valence-corrected chi connectivity index (χ2v) is 12.2. The van der Waals surface area contributed by atoms with E-state index in [9.17, 15) is 0 Å². The van der Waals surface area contributed by atoms with Crippen LogP contribution in [0.15, 0.2) is 147 Å². The molecule has 0 saturated carbocycles. The molecule has 1 atom stereocenters. The van der Waals surface area contributed by atoms with E-state index in [2.05, 4.69) is 92.0 Å². The number of furan rings is 1.